The molecule has 0 aromatic carbocycles. The number of pyridine rings is 1. The van der Waals surface area contributed by atoms with E-state index in [-0.39, 0.29) is 17.6 Å². The van der Waals surface area contributed by atoms with Crippen molar-refractivity contribution in [2.75, 3.05) is 17.7 Å². The Bertz CT molecular complexity index is 1130. The number of rotatable bonds is 7. The molecule has 168 valence electrons. The molecule has 8 nitrogen and oxygen atoms in total. The second-order valence-corrected chi connectivity index (χ2v) is 9.77. The number of esters is 1. The minimum absolute atomic E-state index is 0.153. The summed E-state index contributed by atoms with van der Waals surface area (Å²) in [4.78, 5) is 30.6. The van der Waals surface area contributed by atoms with Crippen LogP contribution in [0.2, 0.25) is 0 Å². The number of thioether (sulfide) groups is 1. The molecule has 1 aliphatic rings. The summed E-state index contributed by atoms with van der Waals surface area (Å²) in [6.45, 7) is 4.30. The lowest BCUT2D eigenvalue weighted by Gasteiger charge is -2.18. The van der Waals surface area contributed by atoms with Crippen LogP contribution in [0.4, 0.5) is 5.00 Å². The molecule has 4 rings (SSSR count). The molecule has 1 N–H and O–H groups in total. The molecule has 1 aliphatic carbocycles. The van der Waals surface area contributed by atoms with E-state index >= 15 is 0 Å². The van der Waals surface area contributed by atoms with Crippen LogP contribution in [0.25, 0.3) is 11.4 Å². The van der Waals surface area contributed by atoms with Crippen molar-refractivity contribution in [2.45, 2.75) is 38.3 Å². The minimum atomic E-state index is -0.364. The molecule has 1 amide bonds. The predicted molar refractivity (Wildman–Crippen MR) is 125 cm³/mol. The van der Waals surface area contributed by atoms with Gasteiger partial charge in [-0.05, 0) is 49.8 Å². The van der Waals surface area contributed by atoms with Crippen LogP contribution >= 0.6 is 23.1 Å². The zero-order chi connectivity index (χ0) is 22.7. The van der Waals surface area contributed by atoms with Gasteiger partial charge in [0.25, 0.3) is 0 Å². The maximum Gasteiger partial charge on any atom is 0.341 e. The highest BCUT2D eigenvalue weighted by atomic mass is 32.2. The first-order chi connectivity index (χ1) is 15.5. The van der Waals surface area contributed by atoms with Crippen LogP contribution < -0.4 is 5.32 Å². The standard InChI is InChI=1S/C22H25N5O3S2/c1-4-30-21(29)18-15-8-7-13(2)10-16(15)32-20(18)24-17(28)12-31-22-26-25-19(27(22)3)14-6-5-9-23-11-14/h5-6,9,11,13H,4,7-8,10,12H2,1-3H3,(H,24,28). The summed E-state index contributed by atoms with van der Waals surface area (Å²) in [5, 5.41) is 12.6. The van der Waals surface area contributed by atoms with E-state index < -0.39 is 0 Å². The van der Waals surface area contributed by atoms with Gasteiger partial charge in [0.1, 0.15) is 5.00 Å². The number of thiophene rings is 1. The van der Waals surface area contributed by atoms with Crippen LogP contribution in [0, 0.1) is 5.92 Å². The average molecular weight is 472 g/mol. The van der Waals surface area contributed by atoms with Crippen molar-refractivity contribution >= 4 is 40.0 Å². The van der Waals surface area contributed by atoms with Crippen LogP contribution in [-0.4, -0.2) is 44.0 Å². The van der Waals surface area contributed by atoms with Gasteiger partial charge in [-0.25, -0.2) is 4.79 Å². The molecule has 0 spiro atoms. The van der Waals surface area contributed by atoms with Crippen LogP contribution in [0.1, 0.15) is 41.1 Å². The smallest absolute Gasteiger partial charge is 0.341 e. The number of hydrogen-bond donors (Lipinski definition) is 1. The second kappa shape index (κ2) is 9.83. The van der Waals surface area contributed by atoms with E-state index in [0.717, 1.165) is 30.4 Å². The van der Waals surface area contributed by atoms with E-state index in [4.69, 9.17) is 4.74 Å². The van der Waals surface area contributed by atoms with Gasteiger partial charge in [-0.1, -0.05) is 18.7 Å². The monoisotopic (exact) mass is 471 g/mol. The van der Waals surface area contributed by atoms with E-state index in [1.807, 2.05) is 23.7 Å². The van der Waals surface area contributed by atoms with Gasteiger partial charge in [-0.2, -0.15) is 0 Å². The summed E-state index contributed by atoms with van der Waals surface area (Å²) in [5.74, 6) is 0.848. The zero-order valence-corrected chi connectivity index (χ0v) is 19.9. The molecule has 3 aromatic heterocycles. The quantitative estimate of drug-likeness (QED) is 0.411. The number of anilines is 1. The first kappa shape index (κ1) is 22.5. The Kier molecular flexibility index (Phi) is 6.90. The highest BCUT2D eigenvalue weighted by Crippen LogP contribution is 2.40. The van der Waals surface area contributed by atoms with Crippen LogP contribution in [0.3, 0.4) is 0 Å². The summed E-state index contributed by atoms with van der Waals surface area (Å²) in [5.41, 5.74) is 2.41. The van der Waals surface area contributed by atoms with E-state index in [1.54, 1.807) is 19.3 Å². The normalized spacial score (nSPS) is 15.3. The van der Waals surface area contributed by atoms with Crippen molar-refractivity contribution in [3.05, 3.63) is 40.5 Å². The highest BCUT2D eigenvalue weighted by molar-refractivity contribution is 7.99. The largest absolute Gasteiger partial charge is 0.462 e. The highest BCUT2D eigenvalue weighted by Gasteiger charge is 2.29. The summed E-state index contributed by atoms with van der Waals surface area (Å²) < 4.78 is 7.11. The molecular weight excluding hydrogens is 446 g/mol. The number of carbonyl (C=O) groups excluding carboxylic acids is 2. The average Bonchev–Trinajstić information content (AvgIpc) is 3.32. The van der Waals surface area contributed by atoms with Crippen molar-refractivity contribution in [1.82, 2.24) is 19.7 Å². The predicted octanol–water partition coefficient (Wildman–Crippen LogP) is 3.97. The van der Waals surface area contributed by atoms with E-state index in [0.29, 0.717) is 34.1 Å². The summed E-state index contributed by atoms with van der Waals surface area (Å²) in [6.07, 6.45) is 6.22. The molecule has 1 unspecified atom stereocenters. The van der Waals surface area contributed by atoms with Gasteiger partial charge in [0.2, 0.25) is 5.91 Å². The number of nitrogens with one attached hydrogen (secondary N) is 1. The Morgan fingerprint density at radius 1 is 1.38 bits per heavy atom. The fourth-order valence-corrected chi connectivity index (χ4v) is 5.86. The van der Waals surface area contributed by atoms with Gasteiger partial charge in [0, 0.05) is 29.9 Å². The Hall–Kier alpha value is -2.72. The van der Waals surface area contributed by atoms with Crippen molar-refractivity contribution < 1.29 is 14.3 Å². The topological polar surface area (TPSA) is 99.0 Å². The molecule has 10 heteroatoms. The van der Waals surface area contributed by atoms with Gasteiger partial charge in [0.15, 0.2) is 11.0 Å². The third-order valence-electron chi connectivity index (χ3n) is 5.33. The van der Waals surface area contributed by atoms with Gasteiger partial charge in [-0.15, -0.1) is 21.5 Å². The van der Waals surface area contributed by atoms with Crippen molar-refractivity contribution in [3.8, 4) is 11.4 Å². The molecule has 32 heavy (non-hydrogen) atoms. The van der Waals surface area contributed by atoms with E-state index in [1.165, 1.54) is 28.0 Å². The third-order valence-corrected chi connectivity index (χ3v) is 7.52. The minimum Gasteiger partial charge on any atom is -0.462 e. The molecular formula is C22H25N5O3S2. The van der Waals surface area contributed by atoms with Gasteiger partial charge >= 0.3 is 5.97 Å². The Balaban J connectivity index is 1.47. The summed E-state index contributed by atoms with van der Waals surface area (Å²) in [7, 11) is 1.86. The Morgan fingerprint density at radius 3 is 2.97 bits per heavy atom. The molecule has 0 aliphatic heterocycles. The molecule has 3 aromatic rings. The number of carbonyl (C=O) groups is 2. The maximum absolute atomic E-state index is 12.7. The van der Waals surface area contributed by atoms with Crippen LogP contribution in [0.15, 0.2) is 29.7 Å². The van der Waals surface area contributed by atoms with Crippen molar-refractivity contribution in [3.63, 3.8) is 0 Å². The van der Waals surface area contributed by atoms with Gasteiger partial charge < -0.3 is 14.6 Å². The fourth-order valence-electron chi connectivity index (χ4n) is 3.74. The molecule has 1 atom stereocenters. The molecule has 3 heterocycles. The fraction of sp³-hybridized carbons (Fsp3) is 0.409. The molecule has 0 saturated heterocycles. The summed E-state index contributed by atoms with van der Waals surface area (Å²) in [6, 6.07) is 3.75. The van der Waals surface area contributed by atoms with Crippen molar-refractivity contribution in [1.29, 1.82) is 0 Å². The van der Waals surface area contributed by atoms with Gasteiger partial charge in [0.05, 0.1) is 17.9 Å². The SMILES string of the molecule is CCOC(=O)c1c(NC(=O)CSc2nnc(-c3cccnc3)n2C)sc2c1CCC(C)C2. The summed E-state index contributed by atoms with van der Waals surface area (Å²) >= 11 is 2.79. The number of hydrogen-bond acceptors (Lipinski definition) is 8. The third kappa shape index (κ3) is 4.71. The maximum atomic E-state index is 12.7. The molecule has 0 fully saturated rings. The number of aromatic nitrogens is 4. The van der Waals surface area contributed by atoms with E-state index in [2.05, 4.69) is 27.4 Å². The second-order valence-electron chi connectivity index (χ2n) is 7.72. The Labute approximate surface area is 194 Å². The van der Waals surface area contributed by atoms with E-state index in [9.17, 15) is 9.59 Å². The first-order valence-electron chi connectivity index (χ1n) is 10.5. The lowest BCUT2D eigenvalue weighted by atomic mass is 9.88. The van der Waals surface area contributed by atoms with Crippen LogP contribution in [-0.2, 0) is 29.4 Å². The van der Waals surface area contributed by atoms with Crippen molar-refractivity contribution in [2.24, 2.45) is 13.0 Å². The Morgan fingerprint density at radius 2 is 2.22 bits per heavy atom. The lowest BCUT2D eigenvalue weighted by molar-refractivity contribution is -0.113. The zero-order valence-electron chi connectivity index (χ0n) is 18.3. The number of fused-ring (bicyclic) bond motifs is 1. The lowest BCUT2D eigenvalue weighted by Crippen LogP contribution is -2.18. The van der Waals surface area contributed by atoms with Crippen LogP contribution in [0.5, 0.6) is 0 Å². The number of amides is 1. The molecule has 0 radical (unpaired) electrons. The molecule has 0 bridgehead atoms. The molecule has 0 saturated carbocycles. The number of nitrogens with zero attached hydrogens (tertiary/aromatic N) is 4. The van der Waals surface area contributed by atoms with Gasteiger partial charge in [-0.3, -0.25) is 9.78 Å². The number of ether oxygens (including phenoxy) is 1. The first-order valence-corrected chi connectivity index (χ1v) is 12.3.